The average molecular weight is 578 g/mol. The maximum Gasteiger partial charge on any atom is 0.263 e. The van der Waals surface area contributed by atoms with Crippen LogP contribution in [0.5, 0.6) is 11.5 Å². The molecule has 0 radical (unpaired) electrons. The predicted molar refractivity (Wildman–Crippen MR) is 156 cm³/mol. The van der Waals surface area contributed by atoms with Crippen molar-refractivity contribution in [3.63, 3.8) is 0 Å². The van der Waals surface area contributed by atoms with Crippen LogP contribution in [0.15, 0.2) is 47.5 Å². The van der Waals surface area contributed by atoms with E-state index in [-0.39, 0.29) is 37.2 Å². The first-order valence-electron chi connectivity index (χ1n) is 14.3. The van der Waals surface area contributed by atoms with Crippen LogP contribution < -0.4 is 20.5 Å². The molecule has 2 aromatic carbocycles. The first-order chi connectivity index (χ1) is 19.9. The first-order valence-corrected chi connectivity index (χ1v) is 14.3. The molecule has 42 heavy (non-hydrogen) atoms. The number of hydrogen-bond donors (Lipinski definition) is 3. The third kappa shape index (κ3) is 5.17. The number of carbonyl (C=O) groups excluding carboxylic acids is 3. The van der Waals surface area contributed by atoms with E-state index in [4.69, 9.17) is 20.2 Å². The van der Waals surface area contributed by atoms with Gasteiger partial charge in [-0.3, -0.25) is 19.3 Å². The Kier molecular flexibility index (Phi) is 7.65. The molecule has 2 unspecified atom stereocenters. The van der Waals surface area contributed by atoms with Gasteiger partial charge >= 0.3 is 0 Å². The fourth-order valence-electron chi connectivity index (χ4n) is 6.03. The summed E-state index contributed by atoms with van der Waals surface area (Å²) >= 11 is 0. The zero-order valence-electron chi connectivity index (χ0n) is 24.7. The van der Waals surface area contributed by atoms with Gasteiger partial charge in [-0.05, 0) is 44.0 Å². The number of aliphatic imine (C=N–C) groups is 1. The molecule has 0 spiro atoms. The zero-order valence-corrected chi connectivity index (χ0v) is 24.7. The minimum Gasteiger partial charge on any atom is -0.490 e. The van der Waals surface area contributed by atoms with Gasteiger partial charge < -0.3 is 30.5 Å². The van der Waals surface area contributed by atoms with Crippen molar-refractivity contribution >= 4 is 23.7 Å². The van der Waals surface area contributed by atoms with Crippen LogP contribution in [-0.2, 0) is 9.59 Å². The van der Waals surface area contributed by atoms with Gasteiger partial charge in [0.05, 0.1) is 24.0 Å². The van der Waals surface area contributed by atoms with Gasteiger partial charge in [-0.2, -0.15) is 0 Å². The lowest BCUT2D eigenvalue weighted by atomic mass is 9.86. The summed E-state index contributed by atoms with van der Waals surface area (Å²) in [5.41, 5.74) is 6.07. The SMILES string of the molecule is CCC1(CC)CC(=O)N(C2CC(C(=O)N(C)C)Oc3ccc(C(=O)N[C@@H]4c5ccccc5OC[C@@]4(C)O)cc32)C(N)=N1. The lowest BCUT2D eigenvalue weighted by molar-refractivity contribution is -0.140. The van der Waals surface area contributed by atoms with Crippen molar-refractivity contribution in [1.82, 2.24) is 15.1 Å². The van der Waals surface area contributed by atoms with Crippen molar-refractivity contribution in [2.75, 3.05) is 20.7 Å². The van der Waals surface area contributed by atoms with Crippen LogP contribution in [0.25, 0.3) is 0 Å². The molecule has 3 heterocycles. The first kappa shape index (κ1) is 29.4. The molecule has 5 rings (SSSR count). The van der Waals surface area contributed by atoms with Gasteiger partial charge in [0, 0.05) is 37.2 Å². The molecule has 0 aliphatic carbocycles. The molecule has 4 N–H and O–H groups in total. The summed E-state index contributed by atoms with van der Waals surface area (Å²) in [7, 11) is 3.29. The molecular formula is C31H39N5O6. The fourth-order valence-corrected chi connectivity index (χ4v) is 6.03. The number of amides is 3. The summed E-state index contributed by atoms with van der Waals surface area (Å²) in [6.45, 7) is 5.60. The van der Waals surface area contributed by atoms with Gasteiger partial charge in [0.15, 0.2) is 12.1 Å². The van der Waals surface area contributed by atoms with Crippen LogP contribution in [0.1, 0.15) is 80.0 Å². The number of nitrogens with two attached hydrogens (primary N) is 1. The summed E-state index contributed by atoms with van der Waals surface area (Å²) in [4.78, 5) is 47.9. The van der Waals surface area contributed by atoms with E-state index in [1.165, 1.54) is 9.80 Å². The molecule has 0 aromatic heterocycles. The van der Waals surface area contributed by atoms with Crippen molar-refractivity contribution in [3.05, 3.63) is 59.2 Å². The number of carbonyl (C=O) groups is 3. The van der Waals surface area contributed by atoms with Gasteiger partial charge in [-0.1, -0.05) is 32.0 Å². The van der Waals surface area contributed by atoms with Crippen molar-refractivity contribution < 1.29 is 29.0 Å². The van der Waals surface area contributed by atoms with Crippen molar-refractivity contribution in [1.29, 1.82) is 0 Å². The number of likely N-dealkylation sites (N-methyl/N-ethyl adjacent to an activating group) is 1. The normalized spacial score (nSPS) is 26.1. The minimum absolute atomic E-state index is 0.0169. The summed E-state index contributed by atoms with van der Waals surface area (Å²) in [6, 6.07) is 10.8. The smallest absolute Gasteiger partial charge is 0.263 e. The van der Waals surface area contributed by atoms with E-state index >= 15 is 0 Å². The van der Waals surface area contributed by atoms with Gasteiger partial charge in [0.1, 0.15) is 23.7 Å². The van der Waals surface area contributed by atoms with E-state index in [9.17, 15) is 19.5 Å². The fraction of sp³-hybridized carbons (Fsp3) is 0.484. The maximum atomic E-state index is 13.6. The average Bonchev–Trinajstić information content (AvgIpc) is 2.97. The van der Waals surface area contributed by atoms with E-state index in [0.29, 0.717) is 41.0 Å². The Bertz CT molecular complexity index is 1430. The third-order valence-corrected chi connectivity index (χ3v) is 8.68. The minimum atomic E-state index is -1.35. The highest BCUT2D eigenvalue weighted by Crippen LogP contribution is 2.43. The van der Waals surface area contributed by atoms with Crippen molar-refractivity contribution in [2.45, 2.75) is 75.8 Å². The second kappa shape index (κ2) is 10.9. The van der Waals surface area contributed by atoms with Crippen LogP contribution in [0.3, 0.4) is 0 Å². The number of nitrogens with zero attached hydrogens (tertiary/aromatic N) is 3. The number of rotatable bonds is 6. The Hall–Kier alpha value is -4.12. The molecule has 0 bridgehead atoms. The second-order valence-corrected chi connectivity index (χ2v) is 11.8. The molecule has 3 amide bonds. The van der Waals surface area contributed by atoms with Gasteiger partial charge in [0.25, 0.3) is 11.8 Å². The van der Waals surface area contributed by atoms with E-state index in [1.54, 1.807) is 45.3 Å². The molecule has 4 atom stereocenters. The number of guanidine groups is 1. The Morgan fingerprint density at radius 2 is 1.86 bits per heavy atom. The molecular weight excluding hydrogens is 538 g/mol. The van der Waals surface area contributed by atoms with Crippen LogP contribution >= 0.6 is 0 Å². The Morgan fingerprint density at radius 1 is 1.14 bits per heavy atom. The molecule has 3 aliphatic rings. The Labute approximate surface area is 245 Å². The highest BCUT2D eigenvalue weighted by Gasteiger charge is 2.45. The Morgan fingerprint density at radius 3 is 2.52 bits per heavy atom. The largest absolute Gasteiger partial charge is 0.490 e. The maximum absolute atomic E-state index is 13.6. The van der Waals surface area contributed by atoms with Crippen LogP contribution in [0, 0.1) is 0 Å². The predicted octanol–water partition coefficient (Wildman–Crippen LogP) is 2.69. The summed E-state index contributed by atoms with van der Waals surface area (Å²) in [5.74, 6) is 0.212. The quantitative estimate of drug-likeness (QED) is 0.478. The second-order valence-electron chi connectivity index (χ2n) is 11.8. The topological polar surface area (TPSA) is 147 Å². The third-order valence-electron chi connectivity index (χ3n) is 8.68. The van der Waals surface area contributed by atoms with Gasteiger partial charge in [-0.25, -0.2) is 4.99 Å². The molecule has 2 aromatic rings. The van der Waals surface area contributed by atoms with Crippen LogP contribution in [-0.4, -0.2) is 76.5 Å². The van der Waals surface area contributed by atoms with E-state index in [1.807, 2.05) is 32.0 Å². The standard InChI is InChI=1S/C31H39N5O6/c1-6-31(7-2)16-25(37)36(29(32)34-31)21-15-24(28(39)35(4)5)42-23-13-12-18(14-20(21)23)27(38)33-26-19-10-8-9-11-22(19)41-17-30(26,3)40/h8-14,21,24,26,40H,6-7,15-17H2,1-5H3,(H2,32,34)(H,33,38)/t21?,24?,26-,30-/m1/s1. The number of aliphatic hydroxyl groups is 1. The van der Waals surface area contributed by atoms with Crippen molar-refractivity contribution in [2.24, 2.45) is 10.7 Å². The molecule has 224 valence electrons. The highest BCUT2D eigenvalue weighted by molar-refractivity contribution is 6.00. The lowest BCUT2D eigenvalue weighted by Gasteiger charge is -2.43. The molecule has 0 saturated carbocycles. The number of hydrogen-bond acceptors (Lipinski definition) is 8. The summed E-state index contributed by atoms with van der Waals surface area (Å²) < 4.78 is 11.8. The van der Waals surface area contributed by atoms with Crippen LogP contribution in [0.4, 0.5) is 0 Å². The van der Waals surface area contributed by atoms with E-state index in [0.717, 1.165) is 0 Å². The highest BCUT2D eigenvalue weighted by atomic mass is 16.5. The summed E-state index contributed by atoms with van der Waals surface area (Å²) in [6.07, 6.45) is 0.816. The van der Waals surface area contributed by atoms with Gasteiger partial charge in [-0.15, -0.1) is 0 Å². The van der Waals surface area contributed by atoms with Gasteiger partial charge in [0.2, 0.25) is 5.91 Å². The lowest BCUT2D eigenvalue weighted by Crippen LogP contribution is -2.54. The summed E-state index contributed by atoms with van der Waals surface area (Å²) in [5, 5.41) is 14.1. The molecule has 3 aliphatic heterocycles. The van der Waals surface area contributed by atoms with Crippen LogP contribution in [0.2, 0.25) is 0 Å². The number of para-hydroxylation sites is 1. The number of fused-ring (bicyclic) bond motifs is 2. The monoisotopic (exact) mass is 577 g/mol. The molecule has 0 fully saturated rings. The number of nitrogens with one attached hydrogen (secondary N) is 1. The Balaban J connectivity index is 1.52. The number of benzene rings is 2. The number of ether oxygens (including phenoxy) is 2. The van der Waals surface area contributed by atoms with Crippen molar-refractivity contribution in [3.8, 4) is 11.5 Å². The molecule has 11 heteroatoms. The van der Waals surface area contributed by atoms with E-state index < -0.39 is 35.2 Å². The molecule has 0 saturated heterocycles. The zero-order chi connectivity index (χ0) is 30.4. The van der Waals surface area contributed by atoms with E-state index in [2.05, 4.69) is 5.32 Å². The molecule has 11 nitrogen and oxygen atoms in total.